The maximum Gasteiger partial charge on any atom is 0.252 e. The van der Waals surface area contributed by atoms with Crippen molar-refractivity contribution in [2.75, 3.05) is 32.5 Å². The zero-order valence-electron chi connectivity index (χ0n) is 13.2. The van der Waals surface area contributed by atoms with Gasteiger partial charge in [-0.05, 0) is 32.3 Å². The number of hydrogen-bond acceptors (Lipinski definition) is 5. The summed E-state index contributed by atoms with van der Waals surface area (Å²) in [6, 6.07) is 11.0. The predicted molar refractivity (Wildman–Crippen MR) is 89.6 cm³/mol. The number of nitrogens with zero attached hydrogens (tertiary/aromatic N) is 3. The molecule has 23 heavy (non-hydrogen) atoms. The van der Waals surface area contributed by atoms with Gasteiger partial charge in [-0.15, -0.1) is 0 Å². The van der Waals surface area contributed by atoms with Crippen LogP contribution in [-0.4, -0.2) is 43.0 Å². The van der Waals surface area contributed by atoms with Crippen LogP contribution in [0.15, 0.2) is 42.7 Å². The van der Waals surface area contributed by atoms with Crippen LogP contribution in [0.5, 0.6) is 0 Å². The fraction of sp³-hybridized carbons (Fsp3) is 0.235. The monoisotopic (exact) mass is 309 g/mol. The number of carbonyl (C=O) groups is 1. The van der Waals surface area contributed by atoms with E-state index < -0.39 is 0 Å². The van der Waals surface area contributed by atoms with Crippen molar-refractivity contribution >= 4 is 17.3 Å². The van der Waals surface area contributed by atoms with Crippen LogP contribution in [0.2, 0.25) is 0 Å². The highest BCUT2D eigenvalue weighted by Gasteiger charge is 2.08. The average molecular weight is 309 g/mol. The lowest BCUT2D eigenvalue weighted by atomic mass is 10.2. The molecule has 1 heterocycles. The molecule has 0 unspecified atom stereocenters. The number of aromatic nitrogens is 1. The van der Waals surface area contributed by atoms with Gasteiger partial charge in [-0.2, -0.15) is 5.26 Å². The average Bonchev–Trinajstić information content (AvgIpc) is 2.55. The molecule has 0 saturated carbocycles. The fourth-order valence-electron chi connectivity index (χ4n) is 1.97. The van der Waals surface area contributed by atoms with E-state index in [0.717, 1.165) is 6.54 Å². The van der Waals surface area contributed by atoms with Gasteiger partial charge in [-0.25, -0.2) is 0 Å². The number of amides is 1. The number of nitrogens with one attached hydrogen (secondary N) is 2. The third-order valence-electron chi connectivity index (χ3n) is 3.17. The Morgan fingerprint density at radius 3 is 2.83 bits per heavy atom. The summed E-state index contributed by atoms with van der Waals surface area (Å²) in [5.41, 5.74) is 2.35. The maximum absolute atomic E-state index is 12.1. The Bertz CT molecular complexity index is 721. The SMILES string of the molecule is CN(C)CCNC(=O)c1cncc(Nc2ccccc2C#N)c1. The maximum atomic E-state index is 12.1. The highest BCUT2D eigenvalue weighted by atomic mass is 16.1. The van der Waals surface area contributed by atoms with E-state index in [9.17, 15) is 4.79 Å². The number of rotatable bonds is 6. The van der Waals surface area contributed by atoms with Gasteiger partial charge in [-0.1, -0.05) is 12.1 Å². The van der Waals surface area contributed by atoms with Crippen LogP contribution in [0.1, 0.15) is 15.9 Å². The summed E-state index contributed by atoms with van der Waals surface area (Å²) in [7, 11) is 3.90. The van der Waals surface area contributed by atoms with E-state index in [1.54, 1.807) is 24.4 Å². The predicted octanol–water partition coefficient (Wildman–Crippen LogP) is 1.99. The Labute approximate surface area is 135 Å². The molecule has 2 aromatic rings. The molecular formula is C17H19N5O. The molecule has 0 bridgehead atoms. The second-order valence-corrected chi connectivity index (χ2v) is 5.30. The van der Waals surface area contributed by atoms with Gasteiger partial charge in [0.15, 0.2) is 0 Å². The van der Waals surface area contributed by atoms with Crippen molar-refractivity contribution < 1.29 is 4.79 Å². The van der Waals surface area contributed by atoms with Gasteiger partial charge in [0.05, 0.1) is 28.7 Å². The van der Waals surface area contributed by atoms with E-state index >= 15 is 0 Å². The van der Waals surface area contributed by atoms with Crippen molar-refractivity contribution in [2.24, 2.45) is 0 Å². The zero-order valence-corrected chi connectivity index (χ0v) is 13.2. The van der Waals surface area contributed by atoms with Crippen molar-refractivity contribution in [1.82, 2.24) is 15.2 Å². The molecule has 1 aromatic carbocycles. The van der Waals surface area contributed by atoms with E-state index in [1.807, 2.05) is 31.1 Å². The standard InChI is InChI=1S/C17H19N5O/c1-22(2)8-7-20-17(23)14-9-15(12-19-11-14)21-16-6-4-3-5-13(16)10-18/h3-6,9,11-12,21H,7-8H2,1-2H3,(H,20,23). The molecule has 1 aromatic heterocycles. The minimum atomic E-state index is -0.170. The number of pyridine rings is 1. The summed E-state index contributed by atoms with van der Waals surface area (Å²) in [4.78, 5) is 18.2. The first-order valence-electron chi connectivity index (χ1n) is 7.24. The number of anilines is 2. The third-order valence-corrected chi connectivity index (χ3v) is 3.17. The van der Waals surface area contributed by atoms with Crippen LogP contribution in [0.25, 0.3) is 0 Å². The summed E-state index contributed by atoms with van der Waals surface area (Å²) < 4.78 is 0. The van der Waals surface area contributed by atoms with Crippen LogP contribution >= 0.6 is 0 Å². The van der Waals surface area contributed by atoms with Gasteiger partial charge in [0.2, 0.25) is 0 Å². The highest BCUT2D eigenvalue weighted by Crippen LogP contribution is 2.20. The highest BCUT2D eigenvalue weighted by molar-refractivity contribution is 5.94. The molecule has 6 heteroatoms. The van der Waals surface area contributed by atoms with Gasteiger partial charge in [-0.3, -0.25) is 9.78 Å². The second kappa shape index (κ2) is 7.92. The molecule has 2 rings (SSSR count). The molecule has 0 atom stereocenters. The molecule has 1 amide bonds. The molecule has 0 aliphatic heterocycles. The molecule has 2 N–H and O–H groups in total. The lowest BCUT2D eigenvalue weighted by Crippen LogP contribution is -2.31. The number of likely N-dealkylation sites (N-methyl/N-ethyl adjacent to an activating group) is 1. The van der Waals surface area contributed by atoms with Crippen molar-refractivity contribution in [2.45, 2.75) is 0 Å². The molecule has 0 spiro atoms. The molecule has 118 valence electrons. The first-order valence-corrected chi connectivity index (χ1v) is 7.24. The van der Waals surface area contributed by atoms with Gasteiger partial charge in [0.25, 0.3) is 5.91 Å². The van der Waals surface area contributed by atoms with E-state index in [2.05, 4.69) is 21.7 Å². The van der Waals surface area contributed by atoms with Gasteiger partial charge < -0.3 is 15.5 Å². The number of para-hydroxylation sites is 1. The Kier molecular flexibility index (Phi) is 5.67. The lowest BCUT2D eigenvalue weighted by molar-refractivity contribution is 0.0950. The number of carbonyl (C=O) groups excluding carboxylic acids is 1. The number of benzene rings is 1. The van der Waals surface area contributed by atoms with Crippen LogP contribution in [0.3, 0.4) is 0 Å². The van der Waals surface area contributed by atoms with E-state index in [0.29, 0.717) is 29.0 Å². The Morgan fingerprint density at radius 2 is 2.09 bits per heavy atom. The molecule has 0 fully saturated rings. The van der Waals surface area contributed by atoms with Gasteiger partial charge in [0, 0.05) is 19.3 Å². The van der Waals surface area contributed by atoms with Crippen molar-refractivity contribution in [3.8, 4) is 6.07 Å². The Hall–Kier alpha value is -2.91. The first kappa shape index (κ1) is 16.5. The summed E-state index contributed by atoms with van der Waals surface area (Å²) in [6.45, 7) is 1.34. The molecule has 0 aliphatic carbocycles. The van der Waals surface area contributed by atoms with E-state index in [4.69, 9.17) is 5.26 Å². The van der Waals surface area contributed by atoms with Crippen molar-refractivity contribution in [3.63, 3.8) is 0 Å². The molecule has 0 aliphatic rings. The molecule has 0 saturated heterocycles. The third kappa shape index (κ3) is 4.80. The minimum absolute atomic E-state index is 0.170. The summed E-state index contributed by atoms with van der Waals surface area (Å²) in [6.07, 6.45) is 3.14. The largest absolute Gasteiger partial charge is 0.353 e. The molecule has 0 radical (unpaired) electrons. The zero-order chi connectivity index (χ0) is 16.7. The van der Waals surface area contributed by atoms with Crippen LogP contribution in [-0.2, 0) is 0 Å². The van der Waals surface area contributed by atoms with Gasteiger partial charge in [0.1, 0.15) is 6.07 Å². The van der Waals surface area contributed by atoms with Crippen molar-refractivity contribution in [3.05, 3.63) is 53.9 Å². The van der Waals surface area contributed by atoms with Crippen LogP contribution in [0, 0.1) is 11.3 Å². The smallest absolute Gasteiger partial charge is 0.252 e. The fourth-order valence-corrected chi connectivity index (χ4v) is 1.97. The second-order valence-electron chi connectivity index (χ2n) is 5.30. The summed E-state index contributed by atoms with van der Waals surface area (Å²) in [5.74, 6) is -0.170. The quantitative estimate of drug-likeness (QED) is 0.853. The molecule has 6 nitrogen and oxygen atoms in total. The minimum Gasteiger partial charge on any atom is -0.353 e. The lowest BCUT2D eigenvalue weighted by Gasteiger charge is -2.11. The topological polar surface area (TPSA) is 81.1 Å². The van der Waals surface area contributed by atoms with E-state index in [-0.39, 0.29) is 5.91 Å². The van der Waals surface area contributed by atoms with Crippen LogP contribution in [0.4, 0.5) is 11.4 Å². The van der Waals surface area contributed by atoms with Gasteiger partial charge >= 0.3 is 0 Å². The molecular weight excluding hydrogens is 290 g/mol. The normalized spacial score (nSPS) is 10.2. The van der Waals surface area contributed by atoms with Crippen LogP contribution < -0.4 is 10.6 Å². The number of hydrogen-bond donors (Lipinski definition) is 2. The number of nitriles is 1. The first-order chi connectivity index (χ1) is 11.1. The Balaban J connectivity index is 2.08. The summed E-state index contributed by atoms with van der Waals surface area (Å²) >= 11 is 0. The summed E-state index contributed by atoms with van der Waals surface area (Å²) in [5, 5.41) is 15.1. The Morgan fingerprint density at radius 1 is 1.30 bits per heavy atom. The van der Waals surface area contributed by atoms with Crippen molar-refractivity contribution in [1.29, 1.82) is 5.26 Å². The van der Waals surface area contributed by atoms with E-state index in [1.165, 1.54) is 6.20 Å².